The van der Waals surface area contributed by atoms with Gasteiger partial charge in [-0.1, -0.05) is 12.1 Å². The highest BCUT2D eigenvalue weighted by Gasteiger charge is 2.22. The predicted molar refractivity (Wildman–Crippen MR) is 106 cm³/mol. The second-order valence-electron chi connectivity index (χ2n) is 6.99. The molecule has 0 bridgehead atoms. The number of nitrogens with one attached hydrogen (secondary N) is 1. The Labute approximate surface area is 157 Å². The van der Waals surface area contributed by atoms with Crippen LogP contribution in [0, 0.1) is 5.92 Å². The summed E-state index contributed by atoms with van der Waals surface area (Å²) in [5.74, 6) is 2.77. The summed E-state index contributed by atoms with van der Waals surface area (Å²) in [5, 5.41) is 3.47. The van der Waals surface area contributed by atoms with Gasteiger partial charge >= 0.3 is 0 Å². The third kappa shape index (κ3) is 5.27. The van der Waals surface area contributed by atoms with Crippen molar-refractivity contribution >= 4 is 11.6 Å². The molecule has 2 fully saturated rings. The first kappa shape index (κ1) is 18.8. The van der Waals surface area contributed by atoms with E-state index in [1.807, 2.05) is 19.2 Å². The SMILES string of the molecule is CN=C(NCCCOCC1CC1)N1CCN(c2ccccc2OC)CC1. The molecule has 0 radical (unpaired) electrons. The summed E-state index contributed by atoms with van der Waals surface area (Å²) in [4.78, 5) is 9.16. The molecular weight excluding hydrogens is 328 g/mol. The largest absolute Gasteiger partial charge is 0.495 e. The third-order valence-corrected chi connectivity index (χ3v) is 5.02. The van der Waals surface area contributed by atoms with Gasteiger partial charge in [-0.3, -0.25) is 4.99 Å². The van der Waals surface area contributed by atoms with Gasteiger partial charge in [0.15, 0.2) is 5.96 Å². The highest BCUT2D eigenvalue weighted by atomic mass is 16.5. The molecule has 1 aliphatic carbocycles. The van der Waals surface area contributed by atoms with Crippen LogP contribution in [0.4, 0.5) is 5.69 Å². The monoisotopic (exact) mass is 360 g/mol. The number of aliphatic imine (C=N–C) groups is 1. The molecule has 0 aromatic heterocycles. The molecule has 0 atom stereocenters. The van der Waals surface area contributed by atoms with E-state index in [4.69, 9.17) is 9.47 Å². The molecular formula is C20H32N4O2. The highest BCUT2D eigenvalue weighted by molar-refractivity contribution is 5.80. The van der Waals surface area contributed by atoms with Gasteiger partial charge in [-0.2, -0.15) is 0 Å². The van der Waals surface area contributed by atoms with Gasteiger partial charge in [0, 0.05) is 53.0 Å². The maximum absolute atomic E-state index is 5.69. The fourth-order valence-electron chi connectivity index (χ4n) is 3.29. The molecule has 1 aromatic carbocycles. The summed E-state index contributed by atoms with van der Waals surface area (Å²) in [6.07, 6.45) is 3.73. The van der Waals surface area contributed by atoms with Gasteiger partial charge in [0.25, 0.3) is 0 Å². The van der Waals surface area contributed by atoms with Gasteiger partial charge in [0.05, 0.1) is 12.8 Å². The summed E-state index contributed by atoms with van der Waals surface area (Å²) in [7, 11) is 3.59. The van der Waals surface area contributed by atoms with E-state index in [1.165, 1.54) is 18.5 Å². The Bertz CT molecular complexity index is 581. The summed E-state index contributed by atoms with van der Waals surface area (Å²) < 4.78 is 11.2. The average molecular weight is 361 g/mol. The van der Waals surface area contributed by atoms with Crippen molar-refractivity contribution in [2.24, 2.45) is 10.9 Å². The molecule has 1 heterocycles. The maximum Gasteiger partial charge on any atom is 0.193 e. The minimum Gasteiger partial charge on any atom is -0.495 e. The number of rotatable bonds is 8. The number of ether oxygens (including phenoxy) is 2. The second kappa shape index (κ2) is 9.67. The van der Waals surface area contributed by atoms with Crippen LogP contribution in [-0.2, 0) is 4.74 Å². The van der Waals surface area contributed by atoms with Crippen molar-refractivity contribution in [2.45, 2.75) is 19.3 Å². The first-order chi connectivity index (χ1) is 12.8. The predicted octanol–water partition coefficient (Wildman–Crippen LogP) is 2.21. The van der Waals surface area contributed by atoms with Crippen LogP contribution in [0.25, 0.3) is 0 Å². The van der Waals surface area contributed by atoms with E-state index in [2.05, 4.69) is 32.2 Å². The molecule has 1 aliphatic heterocycles. The van der Waals surface area contributed by atoms with Crippen LogP contribution in [0.1, 0.15) is 19.3 Å². The number of hydrogen-bond donors (Lipinski definition) is 1. The minimum absolute atomic E-state index is 0.835. The Morgan fingerprint density at radius 1 is 1.19 bits per heavy atom. The summed E-state index contributed by atoms with van der Waals surface area (Å²) >= 11 is 0. The number of benzene rings is 1. The van der Waals surface area contributed by atoms with Gasteiger partial charge in [0.1, 0.15) is 5.75 Å². The number of anilines is 1. The summed E-state index contributed by atoms with van der Waals surface area (Å²) in [6, 6.07) is 8.23. The lowest BCUT2D eigenvalue weighted by Gasteiger charge is -2.38. The second-order valence-corrected chi connectivity index (χ2v) is 6.99. The van der Waals surface area contributed by atoms with Gasteiger partial charge in [-0.15, -0.1) is 0 Å². The molecule has 6 nitrogen and oxygen atoms in total. The lowest BCUT2D eigenvalue weighted by molar-refractivity contribution is 0.122. The molecule has 1 N–H and O–H groups in total. The van der Waals surface area contributed by atoms with Gasteiger partial charge < -0.3 is 24.6 Å². The summed E-state index contributed by atoms with van der Waals surface area (Å²) in [5.41, 5.74) is 1.17. The van der Waals surface area contributed by atoms with Crippen molar-refractivity contribution < 1.29 is 9.47 Å². The fourth-order valence-corrected chi connectivity index (χ4v) is 3.29. The molecule has 3 rings (SSSR count). The highest BCUT2D eigenvalue weighted by Crippen LogP contribution is 2.29. The van der Waals surface area contributed by atoms with Crippen LogP contribution in [0.2, 0.25) is 0 Å². The first-order valence-corrected chi connectivity index (χ1v) is 9.73. The van der Waals surface area contributed by atoms with Crippen LogP contribution < -0.4 is 15.0 Å². The molecule has 0 spiro atoms. The Hall–Kier alpha value is -1.95. The molecule has 144 valence electrons. The minimum atomic E-state index is 0.835. The number of piperazine rings is 1. The van der Waals surface area contributed by atoms with Crippen molar-refractivity contribution in [1.82, 2.24) is 10.2 Å². The number of methoxy groups -OCH3 is 1. The standard InChI is InChI=1S/C20H32N4O2/c1-21-20(22-10-5-15-26-16-17-8-9-17)24-13-11-23(12-14-24)18-6-3-4-7-19(18)25-2/h3-4,6-7,17H,5,8-16H2,1-2H3,(H,21,22). The van der Waals surface area contributed by atoms with E-state index in [-0.39, 0.29) is 0 Å². The molecule has 6 heteroatoms. The fraction of sp³-hybridized carbons (Fsp3) is 0.650. The number of para-hydroxylation sites is 2. The zero-order valence-electron chi connectivity index (χ0n) is 16.1. The van der Waals surface area contributed by atoms with Crippen LogP contribution in [0.15, 0.2) is 29.3 Å². The van der Waals surface area contributed by atoms with Crippen LogP contribution in [0.3, 0.4) is 0 Å². The zero-order valence-corrected chi connectivity index (χ0v) is 16.1. The Morgan fingerprint density at radius 2 is 1.96 bits per heavy atom. The van der Waals surface area contributed by atoms with Gasteiger partial charge in [0.2, 0.25) is 0 Å². The van der Waals surface area contributed by atoms with Crippen molar-refractivity contribution in [1.29, 1.82) is 0 Å². The van der Waals surface area contributed by atoms with Crippen molar-refractivity contribution in [3.05, 3.63) is 24.3 Å². The molecule has 0 amide bonds. The first-order valence-electron chi connectivity index (χ1n) is 9.73. The lowest BCUT2D eigenvalue weighted by Crippen LogP contribution is -2.52. The lowest BCUT2D eigenvalue weighted by atomic mass is 10.2. The molecule has 1 saturated heterocycles. The van der Waals surface area contributed by atoms with Crippen LogP contribution in [-0.4, -0.2) is 71.0 Å². The Kier molecular flexibility index (Phi) is 7.00. The van der Waals surface area contributed by atoms with Crippen LogP contribution in [0.5, 0.6) is 5.75 Å². The van der Waals surface area contributed by atoms with E-state index >= 15 is 0 Å². The third-order valence-electron chi connectivity index (χ3n) is 5.02. The number of nitrogens with zero attached hydrogens (tertiary/aromatic N) is 3. The average Bonchev–Trinajstić information content (AvgIpc) is 3.52. The smallest absolute Gasteiger partial charge is 0.193 e. The Morgan fingerprint density at radius 3 is 2.65 bits per heavy atom. The zero-order chi connectivity index (χ0) is 18.2. The Balaban J connectivity index is 1.39. The van der Waals surface area contributed by atoms with Crippen molar-refractivity contribution in [3.8, 4) is 5.75 Å². The van der Waals surface area contributed by atoms with E-state index in [1.54, 1.807) is 7.11 Å². The topological polar surface area (TPSA) is 49.3 Å². The van der Waals surface area contributed by atoms with E-state index in [0.29, 0.717) is 0 Å². The van der Waals surface area contributed by atoms with E-state index in [9.17, 15) is 0 Å². The maximum atomic E-state index is 5.69. The molecule has 1 aromatic rings. The van der Waals surface area contributed by atoms with Crippen molar-refractivity contribution in [2.75, 3.05) is 65.0 Å². The molecule has 0 unspecified atom stereocenters. The van der Waals surface area contributed by atoms with Crippen LogP contribution >= 0.6 is 0 Å². The molecule has 26 heavy (non-hydrogen) atoms. The van der Waals surface area contributed by atoms with E-state index in [0.717, 1.165) is 70.0 Å². The number of guanidine groups is 1. The number of hydrogen-bond acceptors (Lipinski definition) is 4. The van der Waals surface area contributed by atoms with Gasteiger partial charge in [-0.25, -0.2) is 0 Å². The molecule has 2 aliphatic rings. The summed E-state index contributed by atoms with van der Waals surface area (Å²) in [6.45, 7) is 6.52. The van der Waals surface area contributed by atoms with Crippen molar-refractivity contribution in [3.63, 3.8) is 0 Å². The normalized spacial score (nSPS) is 18.2. The quantitative estimate of drug-likeness (QED) is 0.438. The molecule has 1 saturated carbocycles. The van der Waals surface area contributed by atoms with E-state index < -0.39 is 0 Å². The van der Waals surface area contributed by atoms with Gasteiger partial charge in [-0.05, 0) is 37.3 Å².